The van der Waals surface area contributed by atoms with Crippen LogP contribution in [0.1, 0.15) is 206 Å². The Kier molecular flexibility index (Phi) is 33.7. The van der Waals surface area contributed by atoms with E-state index in [1.807, 2.05) is 0 Å². The number of nitrogens with one attached hydrogen (secondary N) is 1. The predicted molar refractivity (Wildman–Crippen MR) is 234 cm³/mol. The summed E-state index contributed by atoms with van der Waals surface area (Å²) >= 11 is 0. The Balaban J connectivity index is 2.52. The summed E-state index contributed by atoms with van der Waals surface area (Å²) in [5.74, 6) is -0.564. The zero-order valence-electron chi connectivity index (χ0n) is 36.9. The molecule has 1 aliphatic rings. The van der Waals surface area contributed by atoms with Gasteiger partial charge in [0.2, 0.25) is 5.91 Å². The Bertz CT molecular complexity index is 1070. The van der Waals surface area contributed by atoms with E-state index in [1.54, 1.807) is 0 Å². The molecule has 1 fully saturated rings. The van der Waals surface area contributed by atoms with E-state index in [0.717, 1.165) is 70.6 Å². The lowest BCUT2D eigenvalue weighted by Gasteiger charge is -2.41. The van der Waals surface area contributed by atoms with Crippen LogP contribution < -0.4 is 5.32 Å². The predicted octanol–water partition coefficient (Wildman–Crippen LogP) is 7.81. The highest BCUT2D eigenvalue weighted by Gasteiger charge is 2.51. The standard InChI is InChI=1S/C45H88NO12P/c1-3-5-7-9-11-13-15-17-19-20-22-24-26-28-30-32-36(47)34-39(49)46-37(35-57-59(55,56)58-45-43(53)41(51)40(50)42(52)44(45)54)38(48)33-31-29-27-25-23-21-18-16-14-12-10-8-6-4-2/h17,19,36-38,40-45,47-48,50-54H,3-16,18,20-35H2,1-2H3,(H,46,49)(H,55,56)/b19-17-. The van der Waals surface area contributed by atoms with Crippen LogP contribution in [-0.2, 0) is 18.4 Å². The smallest absolute Gasteiger partial charge is 0.393 e. The zero-order valence-corrected chi connectivity index (χ0v) is 37.8. The van der Waals surface area contributed by atoms with Crippen LogP contribution >= 0.6 is 7.82 Å². The molecule has 13 nitrogen and oxygen atoms in total. The summed E-state index contributed by atoms with van der Waals surface area (Å²) in [5.41, 5.74) is 0. The molecule has 350 valence electrons. The van der Waals surface area contributed by atoms with E-state index >= 15 is 0 Å². The molecule has 0 aromatic heterocycles. The second-order valence-electron chi connectivity index (χ2n) is 17.1. The Morgan fingerprint density at radius 1 is 0.576 bits per heavy atom. The third-order valence-electron chi connectivity index (χ3n) is 11.6. The molecule has 1 saturated carbocycles. The molecule has 1 rings (SSSR count). The molecule has 0 bridgehead atoms. The molecular formula is C45H88NO12P. The lowest BCUT2D eigenvalue weighted by molar-refractivity contribution is -0.220. The first-order chi connectivity index (χ1) is 28.3. The second-order valence-corrected chi connectivity index (χ2v) is 18.6. The lowest BCUT2D eigenvalue weighted by Crippen LogP contribution is -2.64. The van der Waals surface area contributed by atoms with Crippen LogP contribution in [-0.4, -0.2) is 108 Å². The van der Waals surface area contributed by atoms with Gasteiger partial charge in [-0.1, -0.05) is 174 Å². The minimum Gasteiger partial charge on any atom is -0.393 e. The number of carbonyl (C=O) groups excluding carboxylic acids is 1. The van der Waals surface area contributed by atoms with E-state index in [2.05, 4.69) is 31.3 Å². The number of hydrogen-bond donors (Lipinski definition) is 9. The molecule has 59 heavy (non-hydrogen) atoms. The quantitative estimate of drug-likeness (QED) is 0.0164. The van der Waals surface area contributed by atoms with Gasteiger partial charge in [-0.15, -0.1) is 0 Å². The van der Waals surface area contributed by atoms with Crippen molar-refractivity contribution in [2.75, 3.05) is 6.61 Å². The number of aliphatic hydroxyl groups is 7. The van der Waals surface area contributed by atoms with Crippen molar-refractivity contribution < 1.29 is 59.0 Å². The summed E-state index contributed by atoms with van der Waals surface area (Å²) in [5, 5.41) is 74.6. The van der Waals surface area contributed by atoms with Crippen molar-refractivity contribution in [1.29, 1.82) is 0 Å². The lowest BCUT2D eigenvalue weighted by atomic mass is 9.85. The summed E-state index contributed by atoms with van der Waals surface area (Å²) in [4.78, 5) is 23.5. The minimum atomic E-state index is -5.11. The molecule has 0 radical (unpaired) electrons. The first kappa shape index (κ1) is 56.1. The van der Waals surface area contributed by atoms with Crippen molar-refractivity contribution >= 4 is 13.7 Å². The second kappa shape index (κ2) is 35.5. The van der Waals surface area contributed by atoms with Crippen molar-refractivity contribution in [1.82, 2.24) is 5.32 Å². The van der Waals surface area contributed by atoms with Crippen LogP contribution in [0, 0.1) is 0 Å². The first-order valence-electron chi connectivity index (χ1n) is 23.7. The number of unbranched alkanes of at least 4 members (excludes halogenated alkanes) is 24. The van der Waals surface area contributed by atoms with E-state index in [9.17, 15) is 50.0 Å². The van der Waals surface area contributed by atoms with Crippen molar-refractivity contribution in [2.45, 2.75) is 261 Å². The molecule has 0 heterocycles. The number of carbonyl (C=O) groups is 1. The third kappa shape index (κ3) is 27.7. The monoisotopic (exact) mass is 866 g/mol. The molecular weight excluding hydrogens is 777 g/mol. The molecule has 9 N–H and O–H groups in total. The van der Waals surface area contributed by atoms with Gasteiger partial charge >= 0.3 is 7.82 Å². The zero-order chi connectivity index (χ0) is 43.7. The molecule has 0 spiro atoms. The van der Waals surface area contributed by atoms with Crippen LogP contribution in [0.25, 0.3) is 0 Å². The number of amides is 1. The van der Waals surface area contributed by atoms with Crippen LogP contribution in [0.4, 0.5) is 0 Å². The van der Waals surface area contributed by atoms with Crippen molar-refractivity contribution in [3.63, 3.8) is 0 Å². The maximum atomic E-state index is 13.0. The molecule has 8 unspecified atom stereocenters. The molecule has 8 atom stereocenters. The Morgan fingerprint density at radius 3 is 1.39 bits per heavy atom. The summed E-state index contributed by atoms with van der Waals surface area (Å²) in [7, 11) is -5.11. The van der Waals surface area contributed by atoms with Gasteiger partial charge in [0, 0.05) is 0 Å². The first-order valence-corrected chi connectivity index (χ1v) is 25.2. The van der Waals surface area contributed by atoms with E-state index < -0.39 is 75.2 Å². The molecule has 0 aromatic carbocycles. The number of phosphoric ester groups is 1. The number of allylic oxidation sites excluding steroid dienone is 2. The fraction of sp³-hybridized carbons (Fsp3) is 0.933. The van der Waals surface area contributed by atoms with E-state index in [-0.39, 0.29) is 12.8 Å². The molecule has 1 aliphatic carbocycles. The van der Waals surface area contributed by atoms with Gasteiger partial charge in [0.25, 0.3) is 0 Å². The maximum absolute atomic E-state index is 13.0. The number of rotatable bonds is 39. The van der Waals surface area contributed by atoms with Crippen molar-refractivity contribution in [3.05, 3.63) is 12.2 Å². The van der Waals surface area contributed by atoms with Gasteiger partial charge in [-0.2, -0.15) is 0 Å². The van der Waals surface area contributed by atoms with Gasteiger partial charge in [0.1, 0.15) is 36.6 Å². The van der Waals surface area contributed by atoms with Crippen LogP contribution in [0.5, 0.6) is 0 Å². The van der Waals surface area contributed by atoms with Gasteiger partial charge in [0.05, 0.1) is 31.3 Å². The van der Waals surface area contributed by atoms with Gasteiger partial charge in [-0.05, 0) is 38.5 Å². The average molecular weight is 866 g/mol. The normalized spacial score (nSPS) is 23.6. The topological polar surface area (TPSA) is 226 Å². The summed E-state index contributed by atoms with van der Waals surface area (Å²) in [6.45, 7) is 3.78. The fourth-order valence-corrected chi connectivity index (χ4v) is 8.68. The van der Waals surface area contributed by atoms with Crippen molar-refractivity contribution in [2.24, 2.45) is 0 Å². The molecule has 0 saturated heterocycles. The fourth-order valence-electron chi connectivity index (χ4n) is 7.71. The van der Waals surface area contributed by atoms with Crippen LogP contribution in [0.3, 0.4) is 0 Å². The number of phosphoric acid groups is 1. The minimum absolute atomic E-state index is 0.225. The molecule has 0 aromatic rings. The third-order valence-corrected chi connectivity index (χ3v) is 12.6. The van der Waals surface area contributed by atoms with E-state index in [4.69, 9.17) is 9.05 Å². The highest BCUT2D eigenvalue weighted by atomic mass is 31.2. The van der Waals surface area contributed by atoms with Gasteiger partial charge < -0.3 is 46.0 Å². The van der Waals surface area contributed by atoms with Gasteiger partial charge in [0.15, 0.2) is 0 Å². The summed E-state index contributed by atoms with van der Waals surface area (Å²) in [6, 6.07) is -1.15. The summed E-state index contributed by atoms with van der Waals surface area (Å²) in [6.07, 6.45) is 22.5. The SMILES string of the molecule is CCCCCCCC/C=C\CCCCCCCC(O)CC(=O)NC(COP(=O)(O)OC1C(O)C(O)C(O)C(O)C1O)C(O)CCCCCCCCCCCCCCCC. The Hall–Kier alpha value is -0.960. The highest BCUT2D eigenvalue weighted by molar-refractivity contribution is 7.47. The van der Waals surface area contributed by atoms with E-state index in [0.29, 0.717) is 12.8 Å². The van der Waals surface area contributed by atoms with Crippen LogP contribution in [0.15, 0.2) is 12.2 Å². The Labute approximate surface area is 357 Å². The maximum Gasteiger partial charge on any atom is 0.472 e. The average Bonchev–Trinajstić information content (AvgIpc) is 3.21. The van der Waals surface area contributed by atoms with Crippen LogP contribution in [0.2, 0.25) is 0 Å². The number of aliphatic hydroxyl groups excluding tert-OH is 7. The summed E-state index contributed by atoms with van der Waals surface area (Å²) < 4.78 is 22.9. The molecule has 1 amide bonds. The van der Waals surface area contributed by atoms with Gasteiger partial charge in [-0.3, -0.25) is 13.8 Å². The van der Waals surface area contributed by atoms with Gasteiger partial charge in [-0.25, -0.2) is 4.57 Å². The highest BCUT2D eigenvalue weighted by Crippen LogP contribution is 2.47. The van der Waals surface area contributed by atoms with E-state index in [1.165, 1.54) is 96.3 Å². The van der Waals surface area contributed by atoms with Crippen molar-refractivity contribution in [3.8, 4) is 0 Å². The number of hydrogen-bond acceptors (Lipinski definition) is 11. The largest absolute Gasteiger partial charge is 0.472 e. The molecule has 0 aliphatic heterocycles. The molecule has 14 heteroatoms. The Morgan fingerprint density at radius 2 is 0.949 bits per heavy atom.